The van der Waals surface area contributed by atoms with Crippen LogP contribution in [0.15, 0.2) is 59.1 Å². The summed E-state index contributed by atoms with van der Waals surface area (Å²) in [6.07, 6.45) is -0.449. The molecule has 8 heteroatoms. The normalized spacial score (nSPS) is 12.5. The van der Waals surface area contributed by atoms with E-state index in [4.69, 9.17) is 9.47 Å². The number of benzene rings is 2. The smallest absolute Gasteiger partial charge is 0.408 e. The van der Waals surface area contributed by atoms with Crippen LogP contribution in [0.1, 0.15) is 25.0 Å². The molecule has 166 valence electrons. The molecule has 0 unspecified atom stereocenters. The molecule has 0 aliphatic carbocycles. The van der Waals surface area contributed by atoms with E-state index in [0.717, 1.165) is 15.6 Å². The number of halogens is 1. The van der Waals surface area contributed by atoms with Crippen molar-refractivity contribution in [1.82, 2.24) is 10.6 Å². The number of amides is 2. The molecule has 2 atom stereocenters. The molecule has 2 amide bonds. The molecule has 0 saturated heterocycles. The standard InChI is InChI=1S/C23H27BrN2O5/c1-15(2)20(26-23(29)31-14-17-7-5-4-6-8-17)21(27)25-19(22(28)30-3)13-16-9-11-18(24)12-10-16/h4-12,15,19-20H,13-14H2,1-3H3,(H,25,27)(H,26,29)/t19-,20-/m0/s1. The van der Waals surface area contributed by atoms with Gasteiger partial charge in [0.2, 0.25) is 5.91 Å². The van der Waals surface area contributed by atoms with Crippen molar-refractivity contribution in [3.05, 3.63) is 70.2 Å². The molecule has 0 fully saturated rings. The number of hydrogen-bond acceptors (Lipinski definition) is 5. The lowest BCUT2D eigenvalue weighted by Crippen LogP contribution is -2.54. The molecule has 2 aromatic rings. The second kappa shape index (κ2) is 12.1. The second-order valence-electron chi connectivity index (χ2n) is 7.34. The third-order valence-corrected chi connectivity index (χ3v) is 5.12. The van der Waals surface area contributed by atoms with E-state index in [1.807, 2.05) is 54.6 Å². The Labute approximate surface area is 190 Å². The number of ether oxygens (including phenoxy) is 2. The Bertz CT molecular complexity index is 871. The first-order valence-electron chi connectivity index (χ1n) is 9.90. The summed E-state index contributed by atoms with van der Waals surface area (Å²) in [7, 11) is 1.27. The largest absolute Gasteiger partial charge is 0.467 e. The van der Waals surface area contributed by atoms with Gasteiger partial charge in [-0.25, -0.2) is 9.59 Å². The quantitative estimate of drug-likeness (QED) is 0.523. The predicted molar refractivity (Wildman–Crippen MR) is 120 cm³/mol. The summed E-state index contributed by atoms with van der Waals surface area (Å²) in [5, 5.41) is 5.28. The predicted octanol–water partition coefficient (Wildman–Crippen LogP) is 3.60. The number of esters is 1. The Balaban J connectivity index is 2.00. The molecule has 0 saturated carbocycles. The van der Waals surface area contributed by atoms with Gasteiger partial charge in [-0.15, -0.1) is 0 Å². The minimum absolute atomic E-state index is 0.0907. The van der Waals surface area contributed by atoms with Gasteiger partial charge in [0.05, 0.1) is 7.11 Å². The average molecular weight is 491 g/mol. The summed E-state index contributed by atoms with van der Waals surface area (Å²) >= 11 is 3.37. The minimum atomic E-state index is -0.887. The number of nitrogens with one attached hydrogen (secondary N) is 2. The first-order chi connectivity index (χ1) is 14.8. The zero-order valence-corrected chi connectivity index (χ0v) is 19.3. The van der Waals surface area contributed by atoms with Crippen molar-refractivity contribution in [2.24, 2.45) is 5.92 Å². The monoisotopic (exact) mass is 490 g/mol. The van der Waals surface area contributed by atoms with E-state index < -0.39 is 30.1 Å². The molecule has 0 heterocycles. The van der Waals surface area contributed by atoms with E-state index in [2.05, 4.69) is 26.6 Å². The van der Waals surface area contributed by atoms with Gasteiger partial charge in [-0.05, 0) is 29.2 Å². The van der Waals surface area contributed by atoms with E-state index >= 15 is 0 Å². The van der Waals surface area contributed by atoms with Crippen LogP contribution in [0, 0.1) is 5.92 Å². The molecule has 0 aliphatic rings. The Morgan fingerprint density at radius 2 is 1.58 bits per heavy atom. The van der Waals surface area contributed by atoms with Gasteiger partial charge < -0.3 is 20.1 Å². The average Bonchev–Trinajstić information content (AvgIpc) is 2.76. The second-order valence-corrected chi connectivity index (χ2v) is 8.26. The molecule has 0 spiro atoms. The highest BCUT2D eigenvalue weighted by molar-refractivity contribution is 9.10. The molecule has 0 aliphatic heterocycles. The molecular formula is C23H27BrN2O5. The molecule has 31 heavy (non-hydrogen) atoms. The lowest BCUT2D eigenvalue weighted by Gasteiger charge is -2.24. The van der Waals surface area contributed by atoms with Crippen molar-refractivity contribution >= 4 is 33.9 Å². The SMILES string of the molecule is COC(=O)[C@H](Cc1ccc(Br)cc1)NC(=O)[C@@H](NC(=O)OCc1ccccc1)C(C)C. The number of hydrogen-bond donors (Lipinski definition) is 2. The van der Waals surface area contributed by atoms with Crippen LogP contribution in [-0.2, 0) is 32.1 Å². The topological polar surface area (TPSA) is 93.7 Å². The van der Waals surface area contributed by atoms with Crippen LogP contribution in [-0.4, -0.2) is 37.2 Å². The summed E-state index contributed by atoms with van der Waals surface area (Å²) < 4.78 is 11.0. The van der Waals surface area contributed by atoms with Gasteiger partial charge in [-0.2, -0.15) is 0 Å². The van der Waals surface area contributed by atoms with E-state index in [1.165, 1.54) is 7.11 Å². The molecular weight excluding hydrogens is 464 g/mol. The van der Waals surface area contributed by atoms with Crippen molar-refractivity contribution in [3.8, 4) is 0 Å². The van der Waals surface area contributed by atoms with E-state index in [-0.39, 0.29) is 18.9 Å². The molecule has 0 bridgehead atoms. The first kappa shape index (κ1) is 24.4. The summed E-state index contributed by atoms with van der Waals surface area (Å²) in [5.74, 6) is -1.28. The van der Waals surface area contributed by atoms with Crippen LogP contribution < -0.4 is 10.6 Å². The van der Waals surface area contributed by atoms with Gasteiger partial charge in [0.25, 0.3) is 0 Å². The van der Waals surface area contributed by atoms with Gasteiger partial charge in [0.15, 0.2) is 0 Å². The van der Waals surface area contributed by atoms with E-state index in [0.29, 0.717) is 0 Å². The van der Waals surface area contributed by atoms with Crippen LogP contribution in [0.3, 0.4) is 0 Å². The number of carbonyl (C=O) groups is 3. The molecule has 7 nitrogen and oxygen atoms in total. The fourth-order valence-corrected chi connectivity index (χ4v) is 3.14. The van der Waals surface area contributed by atoms with Gasteiger partial charge in [-0.1, -0.05) is 72.2 Å². The maximum absolute atomic E-state index is 12.9. The van der Waals surface area contributed by atoms with Gasteiger partial charge in [0, 0.05) is 10.9 Å². The summed E-state index contributed by atoms with van der Waals surface area (Å²) in [6, 6.07) is 14.9. The third-order valence-electron chi connectivity index (χ3n) is 4.59. The molecule has 0 aromatic heterocycles. The highest BCUT2D eigenvalue weighted by Crippen LogP contribution is 2.13. The molecule has 0 radical (unpaired) electrons. The third kappa shape index (κ3) is 8.05. The van der Waals surface area contributed by atoms with E-state index in [9.17, 15) is 14.4 Å². The van der Waals surface area contributed by atoms with Crippen molar-refractivity contribution in [2.75, 3.05) is 7.11 Å². The van der Waals surface area contributed by atoms with Crippen LogP contribution in [0.4, 0.5) is 4.79 Å². The minimum Gasteiger partial charge on any atom is -0.467 e. The first-order valence-corrected chi connectivity index (χ1v) is 10.7. The molecule has 2 N–H and O–H groups in total. The highest BCUT2D eigenvalue weighted by atomic mass is 79.9. The van der Waals surface area contributed by atoms with Crippen LogP contribution >= 0.6 is 15.9 Å². The summed E-state index contributed by atoms with van der Waals surface area (Å²) in [6.45, 7) is 3.68. The van der Waals surface area contributed by atoms with E-state index in [1.54, 1.807) is 13.8 Å². The maximum Gasteiger partial charge on any atom is 0.408 e. The maximum atomic E-state index is 12.9. The summed E-state index contributed by atoms with van der Waals surface area (Å²) in [5.41, 5.74) is 1.69. The van der Waals surface area contributed by atoms with Crippen molar-refractivity contribution < 1.29 is 23.9 Å². The van der Waals surface area contributed by atoms with Crippen molar-refractivity contribution in [1.29, 1.82) is 0 Å². The van der Waals surface area contributed by atoms with Crippen molar-refractivity contribution in [3.63, 3.8) is 0 Å². The Kier molecular flexibility index (Phi) is 9.52. The lowest BCUT2D eigenvalue weighted by atomic mass is 10.0. The lowest BCUT2D eigenvalue weighted by molar-refractivity contribution is -0.145. The summed E-state index contributed by atoms with van der Waals surface area (Å²) in [4.78, 5) is 37.3. The number of methoxy groups -OCH3 is 1. The number of alkyl carbamates (subject to hydrolysis) is 1. The highest BCUT2D eigenvalue weighted by Gasteiger charge is 2.29. The van der Waals surface area contributed by atoms with Gasteiger partial charge >= 0.3 is 12.1 Å². The van der Waals surface area contributed by atoms with Gasteiger partial charge in [-0.3, -0.25) is 4.79 Å². The van der Waals surface area contributed by atoms with Crippen molar-refractivity contribution in [2.45, 2.75) is 39.0 Å². The Morgan fingerprint density at radius 3 is 2.16 bits per heavy atom. The molecule has 2 rings (SSSR count). The van der Waals surface area contributed by atoms with Crippen LogP contribution in [0.25, 0.3) is 0 Å². The zero-order valence-electron chi connectivity index (χ0n) is 17.8. The fraction of sp³-hybridized carbons (Fsp3) is 0.348. The number of carbonyl (C=O) groups excluding carboxylic acids is 3. The fourth-order valence-electron chi connectivity index (χ4n) is 2.88. The molecule has 2 aromatic carbocycles. The van der Waals surface area contributed by atoms with Crippen LogP contribution in [0.2, 0.25) is 0 Å². The zero-order chi connectivity index (χ0) is 22.8. The number of rotatable bonds is 9. The Hall–Kier alpha value is -2.87. The Morgan fingerprint density at radius 1 is 0.935 bits per heavy atom. The van der Waals surface area contributed by atoms with Crippen LogP contribution in [0.5, 0.6) is 0 Å². The van der Waals surface area contributed by atoms with Gasteiger partial charge in [0.1, 0.15) is 18.7 Å².